The molecule has 1 saturated heterocycles. The fourth-order valence-corrected chi connectivity index (χ4v) is 5.23. The minimum Gasteiger partial charge on any atom is -0.379 e. The molecule has 1 N–H and O–H groups in total. The van der Waals surface area contributed by atoms with Crippen molar-refractivity contribution in [2.45, 2.75) is 18.0 Å². The summed E-state index contributed by atoms with van der Waals surface area (Å²) >= 11 is 3.28. The lowest BCUT2D eigenvalue weighted by Gasteiger charge is -2.31. The van der Waals surface area contributed by atoms with Gasteiger partial charge in [-0.2, -0.15) is 0 Å². The van der Waals surface area contributed by atoms with E-state index in [9.17, 15) is 9.59 Å². The van der Waals surface area contributed by atoms with Gasteiger partial charge in [-0.1, -0.05) is 36.4 Å². The lowest BCUT2D eigenvalue weighted by Crippen LogP contribution is -2.48. The Hall–Kier alpha value is -2.85. The maximum absolute atomic E-state index is 13.6. The van der Waals surface area contributed by atoms with Crippen molar-refractivity contribution in [2.75, 3.05) is 57.5 Å². The zero-order chi connectivity index (χ0) is 25.9. The van der Waals surface area contributed by atoms with E-state index in [1.807, 2.05) is 83.3 Å². The molecule has 0 bridgehead atoms. The van der Waals surface area contributed by atoms with E-state index in [1.165, 1.54) is 0 Å². The number of hydrogen-bond donors (Lipinski definition) is 1. The van der Waals surface area contributed by atoms with Gasteiger partial charge < -0.3 is 19.9 Å². The van der Waals surface area contributed by atoms with Crippen LogP contribution in [0, 0.1) is 0 Å². The predicted octanol–water partition coefficient (Wildman–Crippen LogP) is 4.87. The van der Waals surface area contributed by atoms with E-state index in [-0.39, 0.29) is 18.5 Å². The molecule has 37 heavy (non-hydrogen) atoms. The number of thiophene rings is 1. The largest absolute Gasteiger partial charge is 0.379 e. The minimum absolute atomic E-state index is 0.0112. The molecule has 1 aliphatic heterocycles. The summed E-state index contributed by atoms with van der Waals surface area (Å²) in [6.07, 6.45) is 2.02. The highest BCUT2D eigenvalue weighted by molar-refractivity contribution is 7.98. The Morgan fingerprint density at radius 1 is 0.973 bits per heavy atom. The maximum Gasteiger partial charge on any atom is 0.322 e. The fourth-order valence-electron chi connectivity index (χ4n) is 4.11. The first-order valence-corrected chi connectivity index (χ1v) is 14.6. The summed E-state index contributed by atoms with van der Waals surface area (Å²) in [4.78, 5) is 35.0. The number of benzene rings is 2. The van der Waals surface area contributed by atoms with Gasteiger partial charge in [-0.25, -0.2) is 4.79 Å². The number of amides is 3. The molecule has 196 valence electrons. The van der Waals surface area contributed by atoms with Crippen LogP contribution in [0.25, 0.3) is 0 Å². The summed E-state index contributed by atoms with van der Waals surface area (Å²) in [5, 5.41) is 5.01. The van der Waals surface area contributed by atoms with Crippen molar-refractivity contribution < 1.29 is 14.3 Å². The van der Waals surface area contributed by atoms with Gasteiger partial charge in [0, 0.05) is 48.2 Å². The van der Waals surface area contributed by atoms with Gasteiger partial charge in [0.15, 0.2) is 0 Å². The Morgan fingerprint density at radius 2 is 1.73 bits per heavy atom. The van der Waals surface area contributed by atoms with Crippen LogP contribution in [0.15, 0.2) is 77.0 Å². The molecule has 1 fully saturated rings. The second-order valence-electron chi connectivity index (χ2n) is 8.85. The van der Waals surface area contributed by atoms with Crippen LogP contribution >= 0.6 is 23.1 Å². The monoisotopic (exact) mass is 538 g/mol. The van der Waals surface area contributed by atoms with Gasteiger partial charge in [-0.05, 0) is 47.5 Å². The molecule has 3 aromatic rings. The normalized spacial score (nSPS) is 13.8. The third-order valence-corrected chi connectivity index (χ3v) is 7.84. The number of carbonyl (C=O) groups excluding carboxylic acids is 2. The van der Waals surface area contributed by atoms with Crippen LogP contribution in [0.2, 0.25) is 0 Å². The van der Waals surface area contributed by atoms with Crippen LogP contribution in [-0.4, -0.2) is 78.8 Å². The number of urea groups is 1. The summed E-state index contributed by atoms with van der Waals surface area (Å²) in [7, 11) is 0. The summed E-state index contributed by atoms with van der Waals surface area (Å²) in [6, 6.07) is 21.5. The predicted molar refractivity (Wildman–Crippen MR) is 151 cm³/mol. The van der Waals surface area contributed by atoms with Crippen molar-refractivity contribution in [1.29, 1.82) is 0 Å². The van der Waals surface area contributed by atoms with Crippen molar-refractivity contribution in [1.82, 2.24) is 14.7 Å². The van der Waals surface area contributed by atoms with Crippen LogP contribution in [0.3, 0.4) is 0 Å². The van der Waals surface area contributed by atoms with E-state index >= 15 is 0 Å². The first-order valence-electron chi connectivity index (χ1n) is 12.4. The van der Waals surface area contributed by atoms with Crippen molar-refractivity contribution in [2.24, 2.45) is 0 Å². The standard InChI is InChI=1S/C28H34N4O3S2/c1-36-25-11-9-24(10-12-25)29-28(34)31(14-13-30-15-17-35-18-16-30)22-27(33)32(21-26-8-5-19-37-26)20-23-6-3-2-4-7-23/h2-12,19H,13-18,20-22H2,1H3,(H,29,34). The number of nitrogens with zero attached hydrogens (tertiary/aromatic N) is 3. The average molecular weight is 539 g/mol. The van der Waals surface area contributed by atoms with E-state index in [1.54, 1.807) is 28.0 Å². The molecule has 1 aliphatic rings. The van der Waals surface area contributed by atoms with Gasteiger partial charge in [-0.15, -0.1) is 23.1 Å². The molecule has 2 heterocycles. The van der Waals surface area contributed by atoms with Crippen molar-refractivity contribution >= 4 is 40.7 Å². The Labute approximate surface area is 227 Å². The minimum atomic E-state index is -0.269. The van der Waals surface area contributed by atoms with Crippen LogP contribution < -0.4 is 5.32 Å². The number of nitrogens with one attached hydrogen (secondary N) is 1. The summed E-state index contributed by atoms with van der Waals surface area (Å²) in [5.41, 5.74) is 1.77. The number of morpholine rings is 1. The first kappa shape index (κ1) is 27.2. The topological polar surface area (TPSA) is 65.1 Å². The zero-order valence-corrected chi connectivity index (χ0v) is 22.8. The number of rotatable bonds is 11. The smallest absolute Gasteiger partial charge is 0.322 e. The molecule has 0 aliphatic carbocycles. The van der Waals surface area contributed by atoms with Crippen LogP contribution in [-0.2, 0) is 22.6 Å². The van der Waals surface area contributed by atoms with Gasteiger partial charge in [0.25, 0.3) is 0 Å². The highest BCUT2D eigenvalue weighted by Gasteiger charge is 2.23. The molecule has 2 aromatic carbocycles. The third kappa shape index (κ3) is 8.60. The molecule has 1 aromatic heterocycles. The van der Waals surface area contributed by atoms with Crippen LogP contribution in [0.1, 0.15) is 10.4 Å². The number of ether oxygens (including phenoxy) is 1. The SMILES string of the molecule is CSc1ccc(NC(=O)N(CCN2CCOCC2)CC(=O)N(Cc2ccccc2)Cc2cccs2)cc1. The first-order chi connectivity index (χ1) is 18.1. The molecule has 0 atom stereocenters. The molecule has 7 nitrogen and oxygen atoms in total. The average Bonchev–Trinajstić information content (AvgIpc) is 3.45. The molecule has 4 rings (SSSR count). The number of anilines is 1. The molecule has 0 radical (unpaired) electrons. The lowest BCUT2D eigenvalue weighted by atomic mass is 10.2. The highest BCUT2D eigenvalue weighted by Crippen LogP contribution is 2.19. The number of carbonyl (C=O) groups is 2. The second-order valence-corrected chi connectivity index (χ2v) is 10.8. The van der Waals surface area contributed by atoms with Crippen LogP contribution in [0.5, 0.6) is 0 Å². The van der Waals surface area contributed by atoms with E-state index in [0.29, 0.717) is 45.1 Å². The quantitative estimate of drug-likeness (QED) is 0.353. The molecule has 0 saturated carbocycles. The molecule has 0 unspecified atom stereocenters. The summed E-state index contributed by atoms with van der Waals surface area (Å²) < 4.78 is 5.46. The van der Waals surface area contributed by atoms with Crippen molar-refractivity contribution in [3.8, 4) is 0 Å². The Morgan fingerprint density at radius 3 is 2.41 bits per heavy atom. The molecular weight excluding hydrogens is 504 g/mol. The lowest BCUT2D eigenvalue weighted by molar-refractivity contribution is -0.133. The molecule has 9 heteroatoms. The Balaban J connectivity index is 1.47. The van der Waals surface area contributed by atoms with E-state index in [0.717, 1.165) is 28.4 Å². The molecular formula is C28H34N4O3S2. The van der Waals surface area contributed by atoms with Crippen LogP contribution in [0.4, 0.5) is 10.5 Å². The van der Waals surface area contributed by atoms with E-state index in [4.69, 9.17) is 4.74 Å². The van der Waals surface area contributed by atoms with E-state index in [2.05, 4.69) is 10.2 Å². The summed E-state index contributed by atoms with van der Waals surface area (Å²) in [6.45, 7) is 5.22. The molecule has 3 amide bonds. The van der Waals surface area contributed by atoms with Gasteiger partial charge in [0.1, 0.15) is 6.54 Å². The molecule has 0 spiro atoms. The summed E-state index contributed by atoms with van der Waals surface area (Å²) in [5.74, 6) is -0.0767. The van der Waals surface area contributed by atoms with Gasteiger partial charge in [0.05, 0.1) is 19.8 Å². The Kier molecular flexibility index (Phi) is 10.4. The van der Waals surface area contributed by atoms with Gasteiger partial charge >= 0.3 is 6.03 Å². The third-order valence-electron chi connectivity index (χ3n) is 6.24. The number of hydrogen-bond acceptors (Lipinski definition) is 6. The fraction of sp³-hybridized carbons (Fsp3) is 0.357. The van der Waals surface area contributed by atoms with Gasteiger partial charge in [-0.3, -0.25) is 9.69 Å². The maximum atomic E-state index is 13.6. The van der Waals surface area contributed by atoms with Gasteiger partial charge in [0.2, 0.25) is 5.91 Å². The Bertz CT molecular complexity index is 1100. The zero-order valence-electron chi connectivity index (χ0n) is 21.2. The highest BCUT2D eigenvalue weighted by atomic mass is 32.2. The van der Waals surface area contributed by atoms with E-state index < -0.39 is 0 Å². The second kappa shape index (κ2) is 14.2. The van der Waals surface area contributed by atoms with Crippen molar-refractivity contribution in [3.63, 3.8) is 0 Å². The van der Waals surface area contributed by atoms with Crippen molar-refractivity contribution in [3.05, 3.63) is 82.6 Å². The number of thioether (sulfide) groups is 1.